The summed E-state index contributed by atoms with van der Waals surface area (Å²) < 4.78 is 0. The van der Waals surface area contributed by atoms with Crippen LogP contribution < -0.4 is 0 Å². The van der Waals surface area contributed by atoms with Crippen LogP contribution in [0.3, 0.4) is 0 Å². The van der Waals surface area contributed by atoms with Crippen molar-refractivity contribution in [1.82, 2.24) is 4.90 Å². The highest BCUT2D eigenvalue weighted by molar-refractivity contribution is 4.70. The van der Waals surface area contributed by atoms with Crippen LogP contribution in [0.25, 0.3) is 0 Å². The van der Waals surface area contributed by atoms with Gasteiger partial charge >= 0.3 is 0 Å². The van der Waals surface area contributed by atoms with Crippen molar-refractivity contribution in [3.8, 4) is 0 Å². The summed E-state index contributed by atoms with van der Waals surface area (Å²) in [5.41, 5.74) is 0. The lowest BCUT2D eigenvalue weighted by molar-refractivity contribution is 0.187. The van der Waals surface area contributed by atoms with E-state index in [0.717, 1.165) is 12.3 Å². The summed E-state index contributed by atoms with van der Waals surface area (Å²) in [5, 5.41) is 8.65. The molecular formula is C9H19NO. The lowest BCUT2D eigenvalue weighted by Gasteiger charge is -2.29. The molecule has 0 bridgehead atoms. The van der Waals surface area contributed by atoms with Crippen LogP contribution in [0.1, 0.15) is 25.7 Å². The molecule has 0 aromatic rings. The van der Waals surface area contributed by atoms with Gasteiger partial charge in [0, 0.05) is 13.2 Å². The van der Waals surface area contributed by atoms with E-state index < -0.39 is 0 Å². The molecule has 0 saturated carbocycles. The zero-order valence-electron chi connectivity index (χ0n) is 7.42. The minimum absolute atomic E-state index is 0.361. The van der Waals surface area contributed by atoms with E-state index in [2.05, 4.69) is 11.9 Å². The van der Waals surface area contributed by atoms with Crippen molar-refractivity contribution in [2.75, 3.05) is 26.7 Å². The zero-order chi connectivity index (χ0) is 8.10. The zero-order valence-corrected chi connectivity index (χ0v) is 7.42. The van der Waals surface area contributed by atoms with E-state index in [1.807, 2.05) is 0 Å². The Morgan fingerprint density at radius 2 is 2.36 bits per heavy atom. The van der Waals surface area contributed by atoms with Crippen molar-refractivity contribution >= 4 is 0 Å². The summed E-state index contributed by atoms with van der Waals surface area (Å²) in [6.45, 7) is 2.86. The second-order valence-corrected chi connectivity index (χ2v) is 3.64. The quantitative estimate of drug-likeness (QED) is 0.663. The molecule has 0 unspecified atom stereocenters. The summed E-state index contributed by atoms with van der Waals surface area (Å²) in [7, 11) is 2.19. The number of hydrogen-bond donors (Lipinski definition) is 1. The molecule has 0 amide bonds. The minimum Gasteiger partial charge on any atom is -0.396 e. The number of likely N-dealkylation sites (tertiary alicyclic amines) is 1. The molecule has 0 aromatic heterocycles. The van der Waals surface area contributed by atoms with Crippen LogP contribution in [0.2, 0.25) is 0 Å². The average molecular weight is 157 g/mol. The van der Waals surface area contributed by atoms with E-state index in [1.54, 1.807) is 0 Å². The van der Waals surface area contributed by atoms with Crippen LogP contribution in [-0.2, 0) is 0 Å². The third-order valence-corrected chi connectivity index (χ3v) is 2.49. The molecule has 2 nitrogen and oxygen atoms in total. The van der Waals surface area contributed by atoms with Gasteiger partial charge < -0.3 is 10.0 Å². The normalized spacial score (nSPS) is 27.3. The maximum absolute atomic E-state index is 8.65. The van der Waals surface area contributed by atoms with Crippen LogP contribution in [0.4, 0.5) is 0 Å². The summed E-state index contributed by atoms with van der Waals surface area (Å²) in [5.74, 6) is 0.848. The van der Waals surface area contributed by atoms with Crippen LogP contribution in [0, 0.1) is 5.92 Å². The third kappa shape index (κ3) is 3.21. The van der Waals surface area contributed by atoms with Crippen molar-refractivity contribution in [2.45, 2.75) is 25.7 Å². The van der Waals surface area contributed by atoms with Gasteiger partial charge in [-0.15, -0.1) is 0 Å². The minimum atomic E-state index is 0.361. The van der Waals surface area contributed by atoms with E-state index in [1.165, 1.54) is 32.4 Å². The van der Waals surface area contributed by atoms with Gasteiger partial charge in [0.2, 0.25) is 0 Å². The van der Waals surface area contributed by atoms with Gasteiger partial charge in [0.05, 0.1) is 0 Å². The van der Waals surface area contributed by atoms with Crippen LogP contribution in [0.15, 0.2) is 0 Å². The van der Waals surface area contributed by atoms with E-state index in [9.17, 15) is 0 Å². The highest BCUT2D eigenvalue weighted by Crippen LogP contribution is 2.19. The fourth-order valence-electron chi connectivity index (χ4n) is 1.89. The van der Waals surface area contributed by atoms with Crippen molar-refractivity contribution in [1.29, 1.82) is 0 Å². The fraction of sp³-hybridized carbons (Fsp3) is 1.00. The van der Waals surface area contributed by atoms with E-state index >= 15 is 0 Å². The van der Waals surface area contributed by atoms with Gasteiger partial charge in [0.1, 0.15) is 0 Å². The first-order valence-corrected chi connectivity index (χ1v) is 4.62. The molecule has 1 aliphatic rings. The number of aliphatic hydroxyl groups excluding tert-OH is 1. The summed E-state index contributed by atoms with van der Waals surface area (Å²) in [6, 6.07) is 0. The first kappa shape index (κ1) is 9.01. The Balaban J connectivity index is 2.12. The fourth-order valence-corrected chi connectivity index (χ4v) is 1.89. The molecular weight excluding hydrogens is 138 g/mol. The van der Waals surface area contributed by atoms with Crippen LogP contribution in [-0.4, -0.2) is 36.8 Å². The molecule has 0 spiro atoms. The molecule has 1 heterocycles. The van der Waals surface area contributed by atoms with Gasteiger partial charge in [-0.25, -0.2) is 0 Å². The average Bonchev–Trinajstić information content (AvgIpc) is 2.01. The van der Waals surface area contributed by atoms with Crippen molar-refractivity contribution in [3.05, 3.63) is 0 Å². The van der Waals surface area contributed by atoms with Gasteiger partial charge in [-0.3, -0.25) is 0 Å². The predicted molar refractivity (Wildman–Crippen MR) is 46.5 cm³/mol. The number of rotatable bonds is 3. The lowest BCUT2D eigenvalue weighted by atomic mass is 9.94. The molecule has 1 rings (SSSR count). The first-order valence-electron chi connectivity index (χ1n) is 4.62. The monoisotopic (exact) mass is 157 g/mol. The van der Waals surface area contributed by atoms with Gasteiger partial charge in [-0.05, 0) is 45.2 Å². The second-order valence-electron chi connectivity index (χ2n) is 3.64. The maximum atomic E-state index is 8.65. The van der Waals surface area contributed by atoms with Gasteiger partial charge in [0.25, 0.3) is 0 Å². The SMILES string of the molecule is CN1CCC[C@H](CCCO)C1. The van der Waals surface area contributed by atoms with E-state index in [0.29, 0.717) is 6.61 Å². The van der Waals surface area contributed by atoms with Crippen LogP contribution in [0.5, 0.6) is 0 Å². The van der Waals surface area contributed by atoms with Crippen LogP contribution >= 0.6 is 0 Å². The molecule has 11 heavy (non-hydrogen) atoms. The molecule has 1 atom stereocenters. The standard InChI is InChI=1S/C9H19NO/c1-10-6-2-4-9(8-10)5-3-7-11/h9,11H,2-8H2,1H3/t9-/m1/s1. The Hall–Kier alpha value is -0.0800. The predicted octanol–water partition coefficient (Wildman–Crippen LogP) is 1.10. The molecule has 1 N–H and O–H groups in total. The molecule has 0 aromatic carbocycles. The molecule has 1 fully saturated rings. The molecule has 1 saturated heterocycles. The highest BCUT2D eigenvalue weighted by atomic mass is 16.2. The first-order chi connectivity index (χ1) is 5.33. The molecule has 2 heteroatoms. The number of hydrogen-bond acceptors (Lipinski definition) is 2. The molecule has 1 aliphatic heterocycles. The number of aliphatic hydroxyl groups is 1. The summed E-state index contributed by atoms with van der Waals surface area (Å²) in [6.07, 6.45) is 4.90. The van der Waals surface area contributed by atoms with Crippen molar-refractivity contribution in [3.63, 3.8) is 0 Å². The Morgan fingerprint density at radius 3 is 3.00 bits per heavy atom. The summed E-state index contributed by atoms with van der Waals surface area (Å²) >= 11 is 0. The number of nitrogens with zero attached hydrogens (tertiary/aromatic N) is 1. The number of piperidine rings is 1. The second kappa shape index (κ2) is 4.73. The Morgan fingerprint density at radius 1 is 1.55 bits per heavy atom. The Kier molecular flexibility index (Phi) is 3.87. The van der Waals surface area contributed by atoms with Crippen molar-refractivity contribution < 1.29 is 5.11 Å². The lowest BCUT2D eigenvalue weighted by Crippen LogP contribution is -2.32. The van der Waals surface area contributed by atoms with E-state index in [4.69, 9.17) is 5.11 Å². The van der Waals surface area contributed by atoms with Gasteiger partial charge in [0.15, 0.2) is 0 Å². The Bertz CT molecular complexity index is 106. The largest absolute Gasteiger partial charge is 0.396 e. The molecule has 66 valence electrons. The smallest absolute Gasteiger partial charge is 0.0431 e. The van der Waals surface area contributed by atoms with Crippen molar-refractivity contribution in [2.24, 2.45) is 5.92 Å². The van der Waals surface area contributed by atoms with Gasteiger partial charge in [-0.2, -0.15) is 0 Å². The highest BCUT2D eigenvalue weighted by Gasteiger charge is 2.15. The van der Waals surface area contributed by atoms with Gasteiger partial charge in [-0.1, -0.05) is 0 Å². The topological polar surface area (TPSA) is 23.5 Å². The summed E-state index contributed by atoms with van der Waals surface area (Å²) in [4.78, 5) is 2.39. The molecule has 0 aliphatic carbocycles. The Labute approximate surface area is 69.2 Å². The maximum Gasteiger partial charge on any atom is 0.0431 e. The molecule has 0 radical (unpaired) electrons. The van der Waals surface area contributed by atoms with E-state index in [-0.39, 0.29) is 0 Å². The third-order valence-electron chi connectivity index (χ3n) is 2.49.